The van der Waals surface area contributed by atoms with Crippen LogP contribution in [0.15, 0.2) is 73.2 Å². The van der Waals surface area contributed by atoms with Crippen LogP contribution in [0.4, 0.5) is 5.69 Å². The molecule has 0 aliphatic carbocycles. The van der Waals surface area contributed by atoms with Crippen LogP contribution in [-0.2, 0) is 26.1 Å². The summed E-state index contributed by atoms with van der Waals surface area (Å²) in [6.07, 6.45) is 6.70. The van der Waals surface area contributed by atoms with E-state index in [0.29, 0.717) is 6.73 Å². The predicted molar refractivity (Wildman–Crippen MR) is 144 cm³/mol. The van der Waals surface area contributed by atoms with Crippen molar-refractivity contribution >= 4 is 16.6 Å². The maximum Gasteiger partial charge on any atom is 0.152 e. The van der Waals surface area contributed by atoms with Crippen LogP contribution in [0.3, 0.4) is 0 Å². The van der Waals surface area contributed by atoms with Gasteiger partial charge in [-0.1, -0.05) is 37.3 Å². The van der Waals surface area contributed by atoms with E-state index in [1.54, 1.807) is 0 Å². The average Bonchev–Trinajstić information content (AvgIpc) is 2.94. The van der Waals surface area contributed by atoms with Crippen LogP contribution in [0.2, 0.25) is 0 Å². The van der Waals surface area contributed by atoms with Crippen molar-refractivity contribution in [1.29, 1.82) is 0 Å². The van der Waals surface area contributed by atoms with Gasteiger partial charge >= 0.3 is 0 Å². The lowest BCUT2D eigenvalue weighted by Gasteiger charge is -2.37. The van der Waals surface area contributed by atoms with Gasteiger partial charge in [0.1, 0.15) is 12.2 Å². The third-order valence-corrected chi connectivity index (χ3v) is 7.40. The first-order chi connectivity index (χ1) is 17.8. The number of anilines is 1. The lowest BCUT2D eigenvalue weighted by molar-refractivity contribution is 0.0899. The first kappa shape index (κ1) is 23.0. The number of aromatic nitrogens is 2. The Morgan fingerprint density at radius 3 is 2.56 bits per heavy atom. The summed E-state index contributed by atoms with van der Waals surface area (Å²) in [4.78, 5) is 16.5. The minimum atomic E-state index is 0.564. The third kappa shape index (κ3) is 4.66. The summed E-state index contributed by atoms with van der Waals surface area (Å²) in [5.41, 5.74) is 7.59. The molecule has 0 N–H and O–H groups in total. The number of para-hydroxylation sites is 1. The number of aryl methyl sites for hydroxylation is 1. The minimum absolute atomic E-state index is 0.564. The monoisotopic (exact) mass is 479 g/mol. The Labute approximate surface area is 213 Å². The van der Waals surface area contributed by atoms with Gasteiger partial charge in [0.25, 0.3) is 0 Å². The molecule has 4 heterocycles. The average molecular weight is 480 g/mol. The quantitative estimate of drug-likeness (QED) is 0.393. The summed E-state index contributed by atoms with van der Waals surface area (Å²) in [5, 5.41) is 1.20. The molecule has 6 rings (SSSR count). The van der Waals surface area contributed by atoms with Crippen molar-refractivity contribution < 1.29 is 4.74 Å². The SMILES string of the molecule is CCc1ccccc1N1CCN(Cc2cc3c(c4ncccc24)OCN(Cc2cccnc2)C3)CC1. The number of nitrogens with zero attached hydrogens (tertiary/aromatic N) is 5. The van der Waals surface area contributed by atoms with Crippen molar-refractivity contribution in [3.8, 4) is 5.75 Å². The molecule has 184 valence electrons. The molecule has 4 aromatic rings. The summed E-state index contributed by atoms with van der Waals surface area (Å²) >= 11 is 0. The van der Waals surface area contributed by atoms with Crippen molar-refractivity contribution in [3.63, 3.8) is 0 Å². The first-order valence-electron chi connectivity index (χ1n) is 13.0. The number of ether oxygens (including phenoxy) is 1. The predicted octanol–water partition coefficient (Wildman–Crippen LogP) is 4.87. The summed E-state index contributed by atoms with van der Waals surface area (Å²) < 4.78 is 6.27. The van der Waals surface area contributed by atoms with Crippen LogP contribution in [-0.4, -0.2) is 52.7 Å². The van der Waals surface area contributed by atoms with Gasteiger partial charge in [-0.2, -0.15) is 0 Å². The highest BCUT2D eigenvalue weighted by molar-refractivity contribution is 5.89. The minimum Gasteiger partial charge on any atom is -0.475 e. The Morgan fingerprint density at radius 1 is 0.861 bits per heavy atom. The van der Waals surface area contributed by atoms with E-state index >= 15 is 0 Å². The Hall–Kier alpha value is -3.48. The van der Waals surface area contributed by atoms with Crippen LogP contribution < -0.4 is 9.64 Å². The van der Waals surface area contributed by atoms with Gasteiger partial charge in [-0.3, -0.25) is 19.8 Å². The van der Waals surface area contributed by atoms with Gasteiger partial charge in [0.05, 0.1) is 0 Å². The zero-order valence-corrected chi connectivity index (χ0v) is 20.9. The van der Waals surface area contributed by atoms with Gasteiger partial charge in [0.15, 0.2) is 5.75 Å². The molecule has 2 aromatic heterocycles. The van der Waals surface area contributed by atoms with Gasteiger partial charge in [0, 0.05) is 81.0 Å². The first-order valence-corrected chi connectivity index (χ1v) is 13.0. The second-order valence-electron chi connectivity index (χ2n) is 9.79. The molecule has 1 fully saturated rings. The Morgan fingerprint density at radius 2 is 1.72 bits per heavy atom. The molecule has 2 aliphatic heterocycles. The number of pyridine rings is 2. The van der Waals surface area contributed by atoms with E-state index in [1.807, 2.05) is 30.7 Å². The van der Waals surface area contributed by atoms with Crippen LogP contribution >= 0.6 is 0 Å². The molecule has 0 saturated carbocycles. The molecular formula is C30H33N5O. The smallest absolute Gasteiger partial charge is 0.152 e. The lowest BCUT2D eigenvalue weighted by Crippen LogP contribution is -2.46. The van der Waals surface area contributed by atoms with Crippen molar-refractivity contribution in [1.82, 2.24) is 19.8 Å². The maximum absolute atomic E-state index is 6.27. The van der Waals surface area contributed by atoms with Crippen molar-refractivity contribution in [3.05, 3.63) is 95.4 Å². The molecule has 36 heavy (non-hydrogen) atoms. The molecule has 0 spiro atoms. The molecule has 1 saturated heterocycles. The normalized spacial score (nSPS) is 16.6. The fourth-order valence-corrected chi connectivity index (χ4v) is 5.56. The van der Waals surface area contributed by atoms with E-state index in [0.717, 1.165) is 63.5 Å². The maximum atomic E-state index is 6.27. The molecule has 2 aliphatic rings. The molecule has 0 atom stereocenters. The number of piperazine rings is 1. The molecule has 6 nitrogen and oxygen atoms in total. The van der Waals surface area contributed by atoms with Crippen molar-refractivity contribution in [2.75, 3.05) is 37.8 Å². The number of rotatable bonds is 6. The molecule has 0 radical (unpaired) electrons. The van der Waals surface area contributed by atoms with E-state index < -0.39 is 0 Å². The fraction of sp³-hybridized carbons (Fsp3) is 0.333. The van der Waals surface area contributed by atoms with E-state index in [9.17, 15) is 0 Å². The zero-order valence-electron chi connectivity index (χ0n) is 20.9. The van der Waals surface area contributed by atoms with Crippen LogP contribution in [0.25, 0.3) is 10.9 Å². The molecular weight excluding hydrogens is 446 g/mol. The number of hydrogen-bond acceptors (Lipinski definition) is 6. The number of hydrogen-bond donors (Lipinski definition) is 0. The topological polar surface area (TPSA) is 44.7 Å². The Bertz CT molecular complexity index is 1330. The van der Waals surface area contributed by atoms with E-state index in [1.165, 1.54) is 33.3 Å². The van der Waals surface area contributed by atoms with Gasteiger partial charge in [0.2, 0.25) is 0 Å². The second kappa shape index (κ2) is 10.2. The Balaban J connectivity index is 1.20. The standard InChI is InChI=1S/C30H33N5O/c1-2-24-8-3-4-10-28(24)35-15-13-33(14-16-35)20-25-17-26-21-34(19-23-7-5-11-31-18-23)22-36-30(26)29-27(25)9-6-12-32-29/h3-12,17-18H,2,13-16,19-22H2,1H3. The largest absolute Gasteiger partial charge is 0.475 e. The summed E-state index contributed by atoms with van der Waals surface area (Å²) in [5.74, 6) is 0.942. The number of benzene rings is 2. The van der Waals surface area contributed by atoms with Gasteiger partial charge < -0.3 is 9.64 Å². The van der Waals surface area contributed by atoms with Gasteiger partial charge in [-0.15, -0.1) is 0 Å². The highest BCUT2D eigenvalue weighted by Crippen LogP contribution is 2.35. The highest BCUT2D eigenvalue weighted by Gasteiger charge is 2.24. The fourth-order valence-electron chi connectivity index (χ4n) is 5.56. The molecule has 0 bridgehead atoms. The summed E-state index contributed by atoms with van der Waals surface area (Å²) in [6, 6.07) is 19.5. The van der Waals surface area contributed by atoms with Gasteiger partial charge in [-0.25, -0.2) is 0 Å². The lowest BCUT2D eigenvalue weighted by atomic mass is 10.0. The van der Waals surface area contributed by atoms with Gasteiger partial charge in [-0.05, 0) is 47.4 Å². The molecule has 2 aromatic carbocycles. The third-order valence-electron chi connectivity index (χ3n) is 7.40. The van der Waals surface area contributed by atoms with E-state index in [-0.39, 0.29) is 0 Å². The molecule has 0 unspecified atom stereocenters. The zero-order chi connectivity index (χ0) is 24.3. The molecule has 6 heteroatoms. The van der Waals surface area contributed by atoms with Crippen LogP contribution in [0, 0.1) is 0 Å². The van der Waals surface area contributed by atoms with E-state index in [4.69, 9.17) is 9.72 Å². The summed E-state index contributed by atoms with van der Waals surface area (Å²) in [6.45, 7) is 9.64. The second-order valence-corrected chi connectivity index (χ2v) is 9.79. The highest BCUT2D eigenvalue weighted by atomic mass is 16.5. The Kier molecular flexibility index (Phi) is 6.53. The van der Waals surface area contributed by atoms with Crippen LogP contribution in [0.5, 0.6) is 5.75 Å². The van der Waals surface area contributed by atoms with Crippen molar-refractivity contribution in [2.45, 2.75) is 33.0 Å². The van der Waals surface area contributed by atoms with Crippen LogP contribution in [0.1, 0.15) is 29.2 Å². The summed E-state index contributed by atoms with van der Waals surface area (Å²) in [7, 11) is 0. The van der Waals surface area contributed by atoms with E-state index in [2.05, 4.69) is 69.1 Å². The molecule has 0 amide bonds. The number of fused-ring (bicyclic) bond motifs is 3. The van der Waals surface area contributed by atoms with Crippen molar-refractivity contribution in [2.24, 2.45) is 0 Å².